The van der Waals surface area contributed by atoms with Gasteiger partial charge >= 0.3 is 6.18 Å². The number of aromatic nitrogens is 1. The Kier molecular flexibility index (Phi) is 6.06. The summed E-state index contributed by atoms with van der Waals surface area (Å²) in [7, 11) is 0. The zero-order valence-corrected chi connectivity index (χ0v) is 16.2. The predicted molar refractivity (Wildman–Crippen MR) is 109 cm³/mol. The van der Waals surface area contributed by atoms with Crippen molar-refractivity contribution in [2.24, 2.45) is 0 Å². The van der Waals surface area contributed by atoms with Crippen LogP contribution in [0, 0.1) is 0 Å². The van der Waals surface area contributed by atoms with Crippen LogP contribution in [0.25, 0.3) is 10.9 Å². The summed E-state index contributed by atoms with van der Waals surface area (Å²) in [6.45, 7) is 4.07. The quantitative estimate of drug-likeness (QED) is 0.562. The van der Waals surface area contributed by atoms with Crippen LogP contribution in [0.2, 0.25) is 0 Å². The number of halogens is 3. The van der Waals surface area contributed by atoms with Crippen molar-refractivity contribution in [2.45, 2.75) is 38.9 Å². The number of hydrogen-bond donors (Lipinski definition) is 2. The Morgan fingerprint density at radius 1 is 1.03 bits per heavy atom. The lowest BCUT2D eigenvalue weighted by Gasteiger charge is -2.11. The molecule has 0 aliphatic carbocycles. The van der Waals surface area contributed by atoms with E-state index in [9.17, 15) is 18.0 Å². The van der Waals surface area contributed by atoms with Gasteiger partial charge in [0.25, 0.3) is 0 Å². The summed E-state index contributed by atoms with van der Waals surface area (Å²) >= 11 is 0. The van der Waals surface area contributed by atoms with Crippen LogP contribution in [0.3, 0.4) is 0 Å². The second-order valence-corrected chi connectivity index (χ2v) is 7.15. The summed E-state index contributed by atoms with van der Waals surface area (Å²) in [6, 6.07) is 14.4. The molecule has 0 radical (unpaired) electrons. The molecule has 3 rings (SSSR count). The zero-order valence-electron chi connectivity index (χ0n) is 16.2. The van der Waals surface area contributed by atoms with Crippen LogP contribution < -0.4 is 10.6 Å². The molecule has 0 fully saturated rings. The van der Waals surface area contributed by atoms with Crippen LogP contribution >= 0.6 is 0 Å². The molecule has 0 aliphatic heterocycles. The number of amides is 1. The van der Waals surface area contributed by atoms with E-state index in [-0.39, 0.29) is 18.4 Å². The number of fused-ring (bicyclic) bond motifs is 1. The topological polar surface area (TPSA) is 54.0 Å². The van der Waals surface area contributed by atoms with E-state index in [2.05, 4.69) is 15.6 Å². The molecule has 0 atom stereocenters. The molecule has 2 aromatic carbocycles. The normalized spacial score (nSPS) is 11.7. The van der Waals surface area contributed by atoms with E-state index in [0.29, 0.717) is 17.7 Å². The average Bonchev–Trinajstić information content (AvgIpc) is 2.65. The lowest BCUT2D eigenvalue weighted by atomic mass is 10.1. The average molecular weight is 401 g/mol. The van der Waals surface area contributed by atoms with E-state index in [1.54, 1.807) is 6.07 Å². The SMILES string of the molecule is CC(C)Nc1ccc2cc(NC(=O)CCc3ccc(C(F)(F)F)cc3)ccc2n1. The lowest BCUT2D eigenvalue weighted by molar-refractivity contribution is -0.137. The summed E-state index contributed by atoms with van der Waals surface area (Å²) in [5.41, 5.74) is 1.46. The van der Waals surface area contributed by atoms with Crippen LogP contribution in [-0.4, -0.2) is 16.9 Å². The molecule has 7 heteroatoms. The smallest absolute Gasteiger partial charge is 0.368 e. The van der Waals surface area contributed by atoms with Gasteiger partial charge in [-0.2, -0.15) is 13.2 Å². The number of hydrogen-bond acceptors (Lipinski definition) is 3. The Morgan fingerprint density at radius 2 is 1.76 bits per heavy atom. The maximum Gasteiger partial charge on any atom is 0.416 e. The summed E-state index contributed by atoms with van der Waals surface area (Å²) < 4.78 is 37.8. The van der Waals surface area contributed by atoms with Crippen molar-refractivity contribution in [2.75, 3.05) is 10.6 Å². The van der Waals surface area contributed by atoms with Gasteiger partial charge in [-0.1, -0.05) is 12.1 Å². The molecule has 0 bridgehead atoms. The van der Waals surface area contributed by atoms with Gasteiger partial charge in [-0.3, -0.25) is 4.79 Å². The van der Waals surface area contributed by atoms with Gasteiger partial charge in [-0.05, 0) is 68.3 Å². The number of pyridine rings is 1. The fourth-order valence-corrected chi connectivity index (χ4v) is 2.92. The second-order valence-electron chi connectivity index (χ2n) is 7.15. The van der Waals surface area contributed by atoms with Gasteiger partial charge in [-0.25, -0.2) is 4.98 Å². The van der Waals surface area contributed by atoms with Gasteiger partial charge in [-0.15, -0.1) is 0 Å². The van der Waals surface area contributed by atoms with Crippen molar-refractivity contribution in [1.29, 1.82) is 0 Å². The minimum Gasteiger partial charge on any atom is -0.368 e. The number of nitrogens with zero attached hydrogens (tertiary/aromatic N) is 1. The van der Waals surface area contributed by atoms with Crippen LogP contribution in [0.15, 0.2) is 54.6 Å². The van der Waals surface area contributed by atoms with Crippen LogP contribution in [-0.2, 0) is 17.4 Å². The highest BCUT2D eigenvalue weighted by atomic mass is 19.4. The summed E-state index contributed by atoms with van der Waals surface area (Å²) in [4.78, 5) is 16.7. The summed E-state index contributed by atoms with van der Waals surface area (Å²) in [5, 5.41) is 6.97. The van der Waals surface area contributed by atoms with Crippen molar-refractivity contribution in [3.05, 3.63) is 65.7 Å². The third-order valence-corrected chi connectivity index (χ3v) is 4.33. The lowest BCUT2D eigenvalue weighted by Crippen LogP contribution is -2.12. The number of anilines is 2. The fraction of sp³-hybridized carbons (Fsp3) is 0.273. The molecule has 0 saturated carbocycles. The largest absolute Gasteiger partial charge is 0.416 e. The first kappa shape index (κ1) is 20.6. The Hall–Kier alpha value is -3.09. The highest BCUT2D eigenvalue weighted by molar-refractivity contribution is 5.94. The zero-order chi connectivity index (χ0) is 21.0. The maximum atomic E-state index is 12.6. The first-order chi connectivity index (χ1) is 13.7. The Balaban J connectivity index is 1.59. The number of benzene rings is 2. The molecule has 0 spiro atoms. The minimum atomic E-state index is -4.35. The van der Waals surface area contributed by atoms with Crippen LogP contribution in [0.5, 0.6) is 0 Å². The van der Waals surface area contributed by atoms with Gasteiger partial charge in [0, 0.05) is 23.5 Å². The highest BCUT2D eigenvalue weighted by Crippen LogP contribution is 2.29. The maximum absolute atomic E-state index is 12.6. The third kappa shape index (κ3) is 5.70. The molecule has 0 saturated heterocycles. The molecule has 3 aromatic rings. The Labute approximate surface area is 167 Å². The Bertz CT molecular complexity index is 998. The number of carbonyl (C=O) groups is 1. The molecule has 0 unspecified atom stereocenters. The van der Waals surface area contributed by atoms with Crippen molar-refractivity contribution in [1.82, 2.24) is 4.98 Å². The number of aryl methyl sites for hydroxylation is 1. The molecule has 1 aromatic heterocycles. The van der Waals surface area contributed by atoms with Gasteiger partial charge in [0.05, 0.1) is 11.1 Å². The molecule has 2 N–H and O–H groups in total. The van der Waals surface area contributed by atoms with E-state index in [1.165, 1.54) is 12.1 Å². The van der Waals surface area contributed by atoms with E-state index in [0.717, 1.165) is 28.9 Å². The standard InChI is InChI=1S/C22H22F3N3O/c1-14(2)26-20-11-6-16-13-18(9-10-19(16)28-20)27-21(29)12-5-15-3-7-17(8-4-15)22(23,24)25/h3-4,6-11,13-14H,5,12H2,1-2H3,(H,26,28)(H,27,29). The van der Waals surface area contributed by atoms with E-state index in [1.807, 2.05) is 38.1 Å². The van der Waals surface area contributed by atoms with Crippen LogP contribution in [0.1, 0.15) is 31.4 Å². The van der Waals surface area contributed by atoms with E-state index in [4.69, 9.17) is 0 Å². The molecular weight excluding hydrogens is 379 g/mol. The second kappa shape index (κ2) is 8.51. The molecular formula is C22H22F3N3O. The predicted octanol–water partition coefficient (Wildman–Crippen LogP) is 5.65. The number of rotatable bonds is 6. The molecule has 1 amide bonds. The van der Waals surface area contributed by atoms with Gasteiger partial charge in [0.15, 0.2) is 0 Å². The molecule has 4 nitrogen and oxygen atoms in total. The van der Waals surface area contributed by atoms with Crippen molar-refractivity contribution in [3.8, 4) is 0 Å². The highest BCUT2D eigenvalue weighted by Gasteiger charge is 2.29. The van der Waals surface area contributed by atoms with Crippen LogP contribution in [0.4, 0.5) is 24.7 Å². The minimum absolute atomic E-state index is 0.179. The van der Waals surface area contributed by atoms with E-state index < -0.39 is 11.7 Å². The summed E-state index contributed by atoms with van der Waals surface area (Å²) in [5.74, 6) is 0.594. The number of alkyl halides is 3. The van der Waals surface area contributed by atoms with Crippen molar-refractivity contribution in [3.63, 3.8) is 0 Å². The fourth-order valence-electron chi connectivity index (χ4n) is 2.92. The first-order valence-corrected chi connectivity index (χ1v) is 9.34. The summed E-state index contributed by atoms with van der Waals surface area (Å²) in [6.07, 6.45) is -3.81. The van der Waals surface area contributed by atoms with Crippen molar-refractivity contribution < 1.29 is 18.0 Å². The monoisotopic (exact) mass is 401 g/mol. The van der Waals surface area contributed by atoms with E-state index >= 15 is 0 Å². The third-order valence-electron chi connectivity index (χ3n) is 4.33. The Morgan fingerprint density at radius 3 is 2.41 bits per heavy atom. The van der Waals surface area contributed by atoms with Gasteiger partial charge in [0.2, 0.25) is 5.91 Å². The van der Waals surface area contributed by atoms with Crippen molar-refractivity contribution >= 4 is 28.3 Å². The van der Waals surface area contributed by atoms with Gasteiger partial charge < -0.3 is 10.6 Å². The molecule has 0 aliphatic rings. The number of nitrogens with one attached hydrogen (secondary N) is 2. The van der Waals surface area contributed by atoms with Gasteiger partial charge in [0.1, 0.15) is 5.82 Å². The molecule has 152 valence electrons. The molecule has 1 heterocycles. The molecule has 29 heavy (non-hydrogen) atoms. The first-order valence-electron chi connectivity index (χ1n) is 9.34. The number of carbonyl (C=O) groups excluding carboxylic acids is 1.